The maximum atomic E-state index is 11.8. The number of nitrogen functional groups attached to an aromatic ring is 1. The smallest absolute Gasteiger partial charge is 0.251 e. The lowest BCUT2D eigenvalue weighted by Gasteiger charge is -2.09. The molecule has 0 saturated carbocycles. The molecule has 0 aromatic heterocycles. The number of benzene rings is 1. The quantitative estimate of drug-likeness (QED) is 0.844. The molecule has 0 bridgehead atoms. The zero-order valence-electron chi connectivity index (χ0n) is 8.81. The number of hydrogen-bond donors (Lipinski definition) is 2. The van der Waals surface area contributed by atoms with Gasteiger partial charge < -0.3 is 11.1 Å². The zero-order valence-corrected chi connectivity index (χ0v) is 11.2. The highest BCUT2D eigenvalue weighted by molar-refractivity contribution is 9.10. The molecule has 3 N–H and O–H groups in total. The van der Waals surface area contributed by atoms with Gasteiger partial charge >= 0.3 is 0 Å². The summed E-state index contributed by atoms with van der Waals surface area (Å²) in [5, 5.41) is 3.03. The van der Waals surface area contributed by atoms with E-state index in [-0.39, 0.29) is 12.5 Å². The van der Waals surface area contributed by atoms with Gasteiger partial charge in [0.25, 0.3) is 5.91 Å². The van der Waals surface area contributed by atoms with Crippen molar-refractivity contribution in [3.05, 3.63) is 39.3 Å². The summed E-state index contributed by atoms with van der Waals surface area (Å²) in [6.07, 6.45) is 0. The number of amides is 1. The Labute approximate surface area is 108 Å². The second-order valence-corrected chi connectivity index (χ2v) is 4.82. The van der Waals surface area contributed by atoms with E-state index in [1.807, 2.05) is 0 Å². The Morgan fingerprint density at radius 1 is 1.62 bits per heavy atom. The fraction of sp³-hybridized carbons (Fsp3) is 0.182. The van der Waals surface area contributed by atoms with E-state index in [0.29, 0.717) is 16.3 Å². The van der Waals surface area contributed by atoms with Crippen LogP contribution in [-0.4, -0.2) is 12.5 Å². The molecule has 1 aromatic rings. The van der Waals surface area contributed by atoms with Crippen LogP contribution in [0.2, 0.25) is 0 Å². The summed E-state index contributed by atoms with van der Waals surface area (Å²) < 4.78 is 0.769. The Bertz CT molecular complexity index is 446. The first-order valence-electron chi connectivity index (χ1n) is 4.59. The minimum absolute atomic E-state index is 0.215. The fourth-order valence-corrected chi connectivity index (χ4v) is 1.75. The van der Waals surface area contributed by atoms with Crippen molar-refractivity contribution < 1.29 is 4.79 Å². The van der Waals surface area contributed by atoms with E-state index < -0.39 is 0 Å². The first-order chi connectivity index (χ1) is 7.41. The number of rotatable bonds is 3. The summed E-state index contributed by atoms with van der Waals surface area (Å²) in [5.74, 6) is -0.215. The van der Waals surface area contributed by atoms with Crippen molar-refractivity contribution in [2.75, 3.05) is 12.3 Å². The molecule has 0 spiro atoms. The van der Waals surface area contributed by atoms with Crippen molar-refractivity contribution in [2.45, 2.75) is 6.92 Å². The molecule has 5 heteroatoms. The van der Waals surface area contributed by atoms with Crippen molar-refractivity contribution in [3.8, 4) is 0 Å². The summed E-state index contributed by atoms with van der Waals surface area (Å²) >= 11 is 8.86. The average Bonchev–Trinajstić information content (AvgIpc) is 2.19. The predicted octanol–water partition coefficient (Wildman–Crippen LogP) is 2.82. The third-order valence-corrected chi connectivity index (χ3v) is 2.69. The lowest BCUT2D eigenvalue weighted by atomic mass is 10.1. The molecule has 1 amide bonds. The lowest BCUT2D eigenvalue weighted by Crippen LogP contribution is -2.25. The summed E-state index contributed by atoms with van der Waals surface area (Å²) in [6.45, 7) is 5.54. The zero-order chi connectivity index (χ0) is 12.3. The van der Waals surface area contributed by atoms with Gasteiger partial charge in [0.2, 0.25) is 0 Å². The van der Waals surface area contributed by atoms with Crippen LogP contribution in [0.1, 0.15) is 15.9 Å². The summed E-state index contributed by atoms with van der Waals surface area (Å²) in [4.78, 5) is 11.8. The van der Waals surface area contributed by atoms with Gasteiger partial charge in [-0.2, -0.15) is 0 Å². The molecule has 0 heterocycles. The molecule has 0 unspecified atom stereocenters. The summed E-state index contributed by atoms with van der Waals surface area (Å²) in [7, 11) is 0. The maximum Gasteiger partial charge on any atom is 0.251 e. The Morgan fingerprint density at radius 3 is 2.81 bits per heavy atom. The Balaban J connectivity index is 2.95. The highest BCUT2D eigenvalue weighted by Crippen LogP contribution is 2.22. The van der Waals surface area contributed by atoms with Crippen LogP contribution in [0.3, 0.4) is 0 Å². The van der Waals surface area contributed by atoms with Crippen LogP contribution >= 0.6 is 27.5 Å². The number of anilines is 1. The number of halogens is 2. The summed E-state index contributed by atoms with van der Waals surface area (Å²) in [5.41, 5.74) is 7.62. The normalized spacial score (nSPS) is 9.94. The monoisotopic (exact) mass is 302 g/mol. The van der Waals surface area contributed by atoms with Crippen LogP contribution in [0.15, 0.2) is 28.2 Å². The van der Waals surface area contributed by atoms with Gasteiger partial charge in [-0.15, -0.1) is 0 Å². The van der Waals surface area contributed by atoms with Crippen molar-refractivity contribution >= 4 is 39.1 Å². The first kappa shape index (κ1) is 13.1. The SMILES string of the molecule is C=C(Cl)CNC(=O)c1cc(Br)cc(N)c1C. The number of nitrogens with two attached hydrogens (primary N) is 1. The van der Waals surface area contributed by atoms with Gasteiger partial charge in [-0.3, -0.25) is 4.79 Å². The van der Waals surface area contributed by atoms with Crippen LogP contribution in [0, 0.1) is 6.92 Å². The number of carbonyl (C=O) groups excluding carboxylic acids is 1. The molecule has 3 nitrogen and oxygen atoms in total. The maximum absolute atomic E-state index is 11.8. The van der Waals surface area contributed by atoms with E-state index in [2.05, 4.69) is 27.8 Å². The average molecular weight is 304 g/mol. The van der Waals surface area contributed by atoms with E-state index >= 15 is 0 Å². The van der Waals surface area contributed by atoms with Crippen LogP contribution in [-0.2, 0) is 0 Å². The molecular formula is C11H12BrClN2O. The highest BCUT2D eigenvalue weighted by Gasteiger charge is 2.11. The number of hydrogen-bond acceptors (Lipinski definition) is 2. The van der Waals surface area contributed by atoms with Crippen molar-refractivity contribution in [3.63, 3.8) is 0 Å². The summed E-state index contributed by atoms with van der Waals surface area (Å²) in [6, 6.07) is 3.48. The lowest BCUT2D eigenvalue weighted by molar-refractivity contribution is 0.0957. The number of carbonyl (C=O) groups is 1. The fourth-order valence-electron chi connectivity index (χ4n) is 1.21. The van der Waals surface area contributed by atoms with Crippen LogP contribution in [0.25, 0.3) is 0 Å². The third kappa shape index (κ3) is 3.25. The van der Waals surface area contributed by atoms with Gasteiger partial charge in [-0.1, -0.05) is 34.1 Å². The molecule has 0 aliphatic heterocycles. The molecule has 86 valence electrons. The van der Waals surface area contributed by atoms with E-state index in [4.69, 9.17) is 17.3 Å². The topological polar surface area (TPSA) is 55.1 Å². The minimum Gasteiger partial charge on any atom is -0.398 e. The van der Waals surface area contributed by atoms with Gasteiger partial charge in [0, 0.05) is 20.8 Å². The molecule has 0 aliphatic carbocycles. The molecule has 0 saturated heterocycles. The standard InChI is InChI=1S/C11H12BrClN2O/c1-6(13)5-15-11(16)9-3-8(12)4-10(14)7(9)2/h3-4H,1,5,14H2,2H3,(H,15,16). The molecule has 0 atom stereocenters. The molecule has 16 heavy (non-hydrogen) atoms. The second-order valence-electron chi connectivity index (χ2n) is 3.37. The highest BCUT2D eigenvalue weighted by atomic mass is 79.9. The van der Waals surface area contributed by atoms with Crippen LogP contribution < -0.4 is 11.1 Å². The molecule has 0 fully saturated rings. The van der Waals surface area contributed by atoms with E-state index in [1.165, 1.54) is 0 Å². The first-order valence-corrected chi connectivity index (χ1v) is 5.76. The molecule has 0 aliphatic rings. The molecular weight excluding hydrogens is 291 g/mol. The van der Waals surface area contributed by atoms with Crippen LogP contribution in [0.5, 0.6) is 0 Å². The van der Waals surface area contributed by atoms with Gasteiger partial charge in [0.15, 0.2) is 0 Å². The Kier molecular flexibility index (Phi) is 4.38. The van der Waals surface area contributed by atoms with E-state index in [9.17, 15) is 4.79 Å². The van der Waals surface area contributed by atoms with Crippen molar-refractivity contribution in [1.29, 1.82) is 0 Å². The third-order valence-electron chi connectivity index (χ3n) is 2.10. The molecule has 1 aromatic carbocycles. The minimum atomic E-state index is -0.215. The predicted molar refractivity (Wildman–Crippen MR) is 70.6 cm³/mol. The van der Waals surface area contributed by atoms with E-state index in [1.54, 1.807) is 19.1 Å². The van der Waals surface area contributed by atoms with Gasteiger partial charge in [-0.05, 0) is 24.6 Å². The van der Waals surface area contributed by atoms with Crippen LogP contribution in [0.4, 0.5) is 5.69 Å². The van der Waals surface area contributed by atoms with Gasteiger partial charge in [0.05, 0.1) is 6.54 Å². The Morgan fingerprint density at radius 2 is 2.25 bits per heavy atom. The van der Waals surface area contributed by atoms with E-state index in [0.717, 1.165) is 10.0 Å². The number of nitrogens with one attached hydrogen (secondary N) is 1. The molecule has 0 radical (unpaired) electrons. The second kappa shape index (κ2) is 5.37. The molecule has 1 rings (SSSR count). The largest absolute Gasteiger partial charge is 0.398 e. The van der Waals surface area contributed by atoms with Gasteiger partial charge in [0.1, 0.15) is 0 Å². The van der Waals surface area contributed by atoms with Crippen molar-refractivity contribution in [2.24, 2.45) is 0 Å². The van der Waals surface area contributed by atoms with Crippen molar-refractivity contribution in [1.82, 2.24) is 5.32 Å². The van der Waals surface area contributed by atoms with Gasteiger partial charge in [-0.25, -0.2) is 0 Å². The Hall–Kier alpha value is -1.00.